The van der Waals surface area contributed by atoms with Gasteiger partial charge >= 0.3 is 0 Å². The summed E-state index contributed by atoms with van der Waals surface area (Å²) in [5.41, 5.74) is 5.80. The molecule has 0 unspecified atom stereocenters. The third-order valence-corrected chi connectivity index (χ3v) is 5.50. The first-order valence-electron chi connectivity index (χ1n) is 9.46. The van der Waals surface area contributed by atoms with E-state index in [1.165, 1.54) is 22.9 Å². The summed E-state index contributed by atoms with van der Waals surface area (Å²) < 4.78 is 0. The lowest BCUT2D eigenvalue weighted by molar-refractivity contribution is -0.113. The van der Waals surface area contributed by atoms with Crippen LogP contribution in [0.3, 0.4) is 0 Å². The quantitative estimate of drug-likeness (QED) is 0.449. The highest BCUT2D eigenvalue weighted by Gasteiger charge is 2.13. The van der Waals surface area contributed by atoms with E-state index in [1.54, 1.807) is 0 Å². The van der Waals surface area contributed by atoms with Gasteiger partial charge < -0.3 is 5.32 Å². The highest BCUT2D eigenvalue weighted by atomic mass is 32.2. The summed E-state index contributed by atoms with van der Waals surface area (Å²) in [5.74, 6) is 0.223. The van der Waals surface area contributed by atoms with E-state index in [1.807, 2.05) is 54.6 Å². The van der Waals surface area contributed by atoms with Crippen molar-refractivity contribution in [1.82, 2.24) is 9.97 Å². The Balaban J connectivity index is 1.56. The lowest BCUT2D eigenvalue weighted by atomic mass is 10.1. The molecule has 0 aliphatic carbocycles. The zero-order valence-electron chi connectivity index (χ0n) is 16.1. The van der Waals surface area contributed by atoms with E-state index < -0.39 is 0 Å². The van der Waals surface area contributed by atoms with Crippen molar-refractivity contribution in [3.63, 3.8) is 0 Å². The molecule has 3 aromatic carbocycles. The predicted molar refractivity (Wildman–Crippen MR) is 119 cm³/mol. The molecule has 1 N–H and O–H groups in total. The maximum Gasteiger partial charge on any atom is 0.234 e. The number of benzene rings is 3. The number of nitrogens with zero attached hydrogens (tertiary/aromatic N) is 2. The molecule has 0 saturated carbocycles. The smallest absolute Gasteiger partial charge is 0.234 e. The Morgan fingerprint density at radius 2 is 1.52 bits per heavy atom. The number of aromatic nitrogens is 2. The second-order valence-corrected chi connectivity index (χ2v) is 7.79. The number of anilines is 1. The van der Waals surface area contributed by atoms with Crippen LogP contribution in [0, 0.1) is 6.92 Å². The average molecular weight is 400 g/mol. The molecule has 4 aromatic rings. The molecule has 4 rings (SSSR count). The van der Waals surface area contributed by atoms with Gasteiger partial charge in [-0.05, 0) is 36.8 Å². The fourth-order valence-electron chi connectivity index (χ4n) is 3.00. The van der Waals surface area contributed by atoms with Gasteiger partial charge in [0.2, 0.25) is 5.91 Å². The van der Waals surface area contributed by atoms with Gasteiger partial charge in [-0.15, -0.1) is 0 Å². The van der Waals surface area contributed by atoms with E-state index in [0.717, 1.165) is 27.4 Å². The molecule has 0 atom stereocenters. The van der Waals surface area contributed by atoms with Crippen LogP contribution in [0.25, 0.3) is 11.0 Å². The van der Waals surface area contributed by atoms with E-state index in [4.69, 9.17) is 9.97 Å². The van der Waals surface area contributed by atoms with Crippen LogP contribution < -0.4 is 5.32 Å². The van der Waals surface area contributed by atoms with Crippen molar-refractivity contribution in [2.45, 2.75) is 18.4 Å². The van der Waals surface area contributed by atoms with Gasteiger partial charge in [0.15, 0.2) is 0 Å². The number of thioether (sulfide) groups is 1. The van der Waals surface area contributed by atoms with Crippen molar-refractivity contribution in [1.29, 1.82) is 0 Å². The van der Waals surface area contributed by atoms with Crippen molar-refractivity contribution < 1.29 is 4.79 Å². The van der Waals surface area contributed by atoms with E-state index in [9.17, 15) is 4.79 Å². The van der Waals surface area contributed by atoms with Gasteiger partial charge in [-0.25, -0.2) is 9.97 Å². The third kappa shape index (κ3) is 5.00. The molecule has 0 saturated heterocycles. The normalized spacial score (nSPS) is 10.8. The van der Waals surface area contributed by atoms with Crippen molar-refractivity contribution in [2.24, 2.45) is 0 Å². The summed E-state index contributed by atoms with van der Waals surface area (Å²) in [6.45, 7) is 2.08. The van der Waals surface area contributed by atoms with Crippen LogP contribution in [0.4, 0.5) is 5.69 Å². The Labute approximate surface area is 174 Å². The summed E-state index contributed by atoms with van der Waals surface area (Å²) in [7, 11) is 0. The van der Waals surface area contributed by atoms with Crippen molar-refractivity contribution in [2.75, 3.05) is 11.1 Å². The maximum absolute atomic E-state index is 12.4. The SMILES string of the molecule is Cc1ccc(Cc2nc3ccccc3nc2SCC(=O)Nc2ccccc2)cc1. The molecular formula is C24H21N3OS. The zero-order valence-corrected chi connectivity index (χ0v) is 16.9. The molecule has 4 nitrogen and oxygen atoms in total. The van der Waals surface area contributed by atoms with Crippen LogP contribution in [0.1, 0.15) is 16.8 Å². The molecule has 0 spiro atoms. The number of rotatable bonds is 6. The van der Waals surface area contributed by atoms with Gasteiger partial charge in [0.05, 0.1) is 22.5 Å². The molecule has 0 fully saturated rings. The first kappa shape index (κ1) is 19.2. The maximum atomic E-state index is 12.4. The van der Waals surface area contributed by atoms with E-state index in [-0.39, 0.29) is 11.7 Å². The first-order chi connectivity index (χ1) is 14.2. The average Bonchev–Trinajstić information content (AvgIpc) is 2.74. The number of fused-ring (bicyclic) bond motifs is 1. The van der Waals surface area contributed by atoms with Crippen LogP contribution in [0.15, 0.2) is 83.9 Å². The monoisotopic (exact) mass is 399 g/mol. The number of carbonyl (C=O) groups is 1. The fraction of sp³-hybridized carbons (Fsp3) is 0.125. The number of para-hydroxylation sites is 3. The van der Waals surface area contributed by atoms with Crippen molar-refractivity contribution in [3.05, 3.63) is 95.7 Å². The molecule has 1 heterocycles. The molecule has 0 aliphatic heterocycles. The Hall–Kier alpha value is -3.18. The molecule has 1 amide bonds. The molecule has 0 aliphatic rings. The molecule has 1 aromatic heterocycles. The summed E-state index contributed by atoms with van der Waals surface area (Å²) in [6.07, 6.45) is 0.681. The van der Waals surface area contributed by atoms with E-state index in [2.05, 4.69) is 36.5 Å². The van der Waals surface area contributed by atoms with Crippen LogP contribution >= 0.6 is 11.8 Å². The zero-order chi connectivity index (χ0) is 20.1. The number of hydrogen-bond donors (Lipinski definition) is 1. The second kappa shape index (κ2) is 8.88. The summed E-state index contributed by atoms with van der Waals surface area (Å²) in [6, 6.07) is 25.7. The highest BCUT2D eigenvalue weighted by molar-refractivity contribution is 8.00. The van der Waals surface area contributed by atoms with Crippen molar-refractivity contribution >= 4 is 34.4 Å². The Morgan fingerprint density at radius 3 is 2.24 bits per heavy atom. The second-order valence-electron chi connectivity index (χ2n) is 6.83. The Morgan fingerprint density at radius 1 is 0.862 bits per heavy atom. The molecule has 144 valence electrons. The Bertz CT molecular complexity index is 1130. The van der Waals surface area contributed by atoms with Crippen LogP contribution in [0.2, 0.25) is 0 Å². The van der Waals surface area contributed by atoms with Gasteiger partial charge in [-0.1, -0.05) is 71.9 Å². The van der Waals surface area contributed by atoms with Crippen molar-refractivity contribution in [3.8, 4) is 0 Å². The molecule has 0 radical (unpaired) electrons. The number of carbonyl (C=O) groups excluding carboxylic acids is 1. The van der Waals surface area contributed by atoms with Crippen LogP contribution in [-0.4, -0.2) is 21.6 Å². The van der Waals surface area contributed by atoms with Crippen LogP contribution in [-0.2, 0) is 11.2 Å². The summed E-state index contributed by atoms with van der Waals surface area (Å²) in [5, 5.41) is 3.72. The van der Waals surface area contributed by atoms with Gasteiger partial charge in [0, 0.05) is 12.1 Å². The molecular weight excluding hydrogens is 378 g/mol. The lowest BCUT2D eigenvalue weighted by Gasteiger charge is -2.10. The molecule has 29 heavy (non-hydrogen) atoms. The summed E-state index contributed by atoms with van der Waals surface area (Å²) >= 11 is 1.43. The van der Waals surface area contributed by atoms with Gasteiger partial charge in [0.1, 0.15) is 5.03 Å². The Kier molecular flexibility index (Phi) is 5.86. The summed E-state index contributed by atoms with van der Waals surface area (Å²) in [4.78, 5) is 22.0. The van der Waals surface area contributed by atoms with E-state index >= 15 is 0 Å². The van der Waals surface area contributed by atoms with Gasteiger partial charge in [-0.2, -0.15) is 0 Å². The molecule has 5 heteroatoms. The number of amides is 1. The lowest BCUT2D eigenvalue weighted by Crippen LogP contribution is -2.14. The number of hydrogen-bond acceptors (Lipinski definition) is 4. The van der Waals surface area contributed by atoms with Crippen LogP contribution in [0.5, 0.6) is 0 Å². The highest BCUT2D eigenvalue weighted by Crippen LogP contribution is 2.25. The number of nitrogens with one attached hydrogen (secondary N) is 1. The minimum absolute atomic E-state index is 0.0579. The minimum Gasteiger partial charge on any atom is -0.325 e. The predicted octanol–water partition coefficient (Wildman–Crippen LogP) is 5.26. The standard InChI is InChI=1S/C24H21N3OS/c1-17-11-13-18(14-12-17)15-22-24(27-21-10-6-5-9-20(21)26-22)29-16-23(28)25-19-7-3-2-4-8-19/h2-14H,15-16H2,1H3,(H,25,28). The largest absolute Gasteiger partial charge is 0.325 e. The first-order valence-corrected chi connectivity index (χ1v) is 10.4. The van der Waals surface area contributed by atoms with Gasteiger partial charge in [0.25, 0.3) is 0 Å². The third-order valence-electron chi connectivity index (χ3n) is 4.50. The molecule has 0 bridgehead atoms. The fourth-order valence-corrected chi connectivity index (χ4v) is 3.79. The topological polar surface area (TPSA) is 54.9 Å². The minimum atomic E-state index is -0.0579. The number of aryl methyl sites for hydroxylation is 1. The van der Waals surface area contributed by atoms with Gasteiger partial charge in [-0.3, -0.25) is 4.79 Å². The van der Waals surface area contributed by atoms with E-state index in [0.29, 0.717) is 6.42 Å².